The summed E-state index contributed by atoms with van der Waals surface area (Å²) in [6.07, 6.45) is 8.81. The highest BCUT2D eigenvalue weighted by Crippen LogP contribution is 2.30. The molecule has 1 amide bonds. The lowest BCUT2D eigenvalue weighted by atomic mass is 10.0. The first-order chi connectivity index (χ1) is 17.5. The van der Waals surface area contributed by atoms with Crippen molar-refractivity contribution in [2.24, 2.45) is 0 Å². The van der Waals surface area contributed by atoms with E-state index in [1.54, 1.807) is 48.7 Å². The van der Waals surface area contributed by atoms with E-state index < -0.39 is 0 Å². The fourth-order valence-electron chi connectivity index (χ4n) is 3.78. The molecule has 36 heavy (non-hydrogen) atoms. The van der Waals surface area contributed by atoms with Gasteiger partial charge in [-0.2, -0.15) is 0 Å². The summed E-state index contributed by atoms with van der Waals surface area (Å²) in [5.41, 5.74) is 4.48. The number of ketones is 1. The molecule has 0 fully saturated rings. The summed E-state index contributed by atoms with van der Waals surface area (Å²) in [6, 6.07) is 21.6. The van der Waals surface area contributed by atoms with Gasteiger partial charge in [-0.3, -0.25) is 14.6 Å². The zero-order chi connectivity index (χ0) is 25.5. The lowest BCUT2D eigenvalue weighted by molar-refractivity contribution is 0.0950. The van der Waals surface area contributed by atoms with Crippen LogP contribution in [0.4, 0.5) is 0 Å². The van der Waals surface area contributed by atoms with E-state index in [4.69, 9.17) is 0 Å². The molecule has 0 atom stereocenters. The molecule has 2 N–H and O–H groups in total. The molecule has 5 nitrogen and oxygen atoms in total. The molecule has 0 aliphatic heterocycles. The van der Waals surface area contributed by atoms with Gasteiger partial charge in [0.2, 0.25) is 0 Å². The number of fused-ring (bicyclic) bond motifs is 1. The quantitative estimate of drug-likeness (QED) is 0.176. The maximum Gasteiger partial charge on any atom is 0.251 e. The second-order valence-electron chi connectivity index (χ2n) is 8.27. The van der Waals surface area contributed by atoms with Gasteiger partial charge in [-0.05, 0) is 53.9 Å². The van der Waals surface area contributed by atoms with Crippen LogP contribution in [0.15, 0.2) is 115 Å². The molecular weight excluding hydrogens is 448 g/mol. The number of amides is 1. The fraction of sp³-hybridized carbons (Fsp3) is 0.0645. The zero-order valence-electron chi connectivity index (χ0n) is 19.9. The molecule has 1 aromatic heterocycles. The number of aromatic nitrogens is 1. The van der Waals surface area contributed by atoms with E-state index in [2.05, 4.69) is 16.9 Å². The largest absolute Gasteiger partial charge is 0.506 e. The maximum atomic E-state index is 12.8. The average Bonchev–Trinajstić information content (AvgIpc) is 2.91. The third-order valence-corrected chi connectivity index (χ3v) is 5.70. The molecule has 3 aromatic carbocycles. The average molecular weight is 475 g/mol. The van der Waals surface area contributed by atoms with Crippen molar-refractivity contribution in [3.63, 3.8) is 0 Å². The second kappa shape index (κ2) is 11.1. The van der Waals surface area contributed by atoms with Gasteiger partial charge >= 0.3 is 0 Å². The minimum absolute atomic E-state index is 0.0947. The summed E-state index contributed by atoms with van der Waals surface area (Å²) in [7, 11) is 0. The number of phenols is 1. The van der Waals surface area contributed by atoms with Gasteiger partial charge in [-0.25, -0.2) is 0 Å². The number of hydrogen-bond acceptors (Lipinski definition) is 4. The standard InChI is InChI=1S/C31H26N2O3/c1-3-4-5-8-21(2)30(35)23-14-12-22(13-15-23)20-33-31(36)26-10-6-9-24(17-26)27-18-25-11-7-16-32-29(25)28(34)19-27/h3-19,34H,2,20H2,1H3,(H,33,36)/b4-3-,8-5-. The minimum atomic E-state index is -0.217. The molecule has 4 rings (SSSR count). The van der Waals surface area contributed by atoms with Gasteiger partial charge in [-0.15, -0.1) is 0 Å². The van der Waals surface area contributed by atoms with Crippen LogP contribution in [-0.2, 0) is 6.54 Å². The number of nitrogens with one attached hydrogen (secondary N) is 1. The number of phenolic OH excluding ortho intramolecular Hbond substituents is 1. The lowest BCUT2D eigenvalue weighted by Gasteiger charge is -2.09. The van der Waals surface area contributed by atoms with Gasteiger partial charge < -0.3 is 10.4 Å². The normalized spacial score (nSPS) is 11.2. The summed E-state index contributed by atoms with van der Waals surface area (Å²) in [5.74, 6) is -0.262. The van der Waals surface area contributed by atoms with E-state index in [0.29, 0.717) is 28.8 Å². The first-order valence-electron chi connectivity index (χ1n) is 11.5. The van der Waals surface area contributed by atoms with Crippen molar-refractivity contribution in [2.75, 3.05) is 0 Å². The van der Waals surface area contributed by atoms with Crippen LogP contribution in [0.25, 0.3) is 22.0 Å². The Morgan fingerprint density at radius 3 is 2.53 bits per heavy atom. The van der Waals surface area contributed by atoms with Crippen LogP contribution >= 0.6 is 0 Å². The van der Waals surface area contributed by atoms with Crippen molar-refractivity contribution in [3.8, 4) is 16.9 Å². The number of pyridine rings is 1. The molecule has 0 unspecified atom stereocenters. The molecule has 0 aliphatic carbocycles. The highest BCUT2D eigenvalue weighted by Gasteiger charge is 2.11. The third-order valence-electron chi connectivity index (χ3n) is 5.70. The minimum Gasteiger partial charge on any atom is -0.506 e. The van der Waals surface area contributed by atoms with Gasteiger partial charge in [-0.1, -0.05) is 73.3 Å². The van der Waals surface area contributed by atoms with Gasteiger partial charge in [0.25, 0.3) is 5.91 Å². The van der Waals surface area contributed by atoms with E-state index in [1.165, 1.54) is 0 Å². The number of allylic oxidation sites excluding steroid dienone is 5. The van der Waals surface area contributed by atoms with E-state index in [9.17, 15) is 14.7 Å². The van der Waals surface area contributed by atoms with Gasteiger partial charge in [0.15, 0.2) is 5.78 Å². The molecule has 0 bridgehead atoms. The number of hydrogen-bond donors (Lipinski definition) is 2. The third kappa shape index (κ3) is 5.65. The first-order valence-corrected chi connectivity index (χ1v) is 11.5. The zero-order valence-corrected chi connectivity index (χ0v) is 19.9. The van der Waals surface area contributed by atoms with Crippen LogP contribution in [0, 0.1) is 0 Å². The number of benzene rings is 3. The van der Waals surface area contributed by atoms with Crippen LogP contribution in [0.3, 0.4) is 0 Å². The second-order valence-corrected chi connectivity index (χ2v) is 8.27. The fourth-order valence-corrected chi connectivity index (χ4v) is 3.78. The van der Waals surface area contributed by atoms with E-state index in [0.717, 1.165) is 22.1 Å². The number of Topliss-reactive ketones (excluding diaryl/α,β-unsaturated/α-hetero) is 1. The summed E-state index contributed by atoms with van der Waals surface area (Å²) in [4.78, 5) is 29.5. The maximum absolute atomic E-state index is 12.8. The number of rotatable bonds is 8. The SMILES string of the molecule is C=C(/C=C\C=C/C)C(=O)c1ccc(CNC(=O)c2cccc(-c3cc(O)c4ncccc4c3)c2)cc1. The molecular formula is C31H26N2O3. The predicted molar refractivity (Wildman–Crippen MR) is 144 cm³/mol. The van der Waals surface area contributed by atoms with Crippen molar-refractivity contribution in [1.82, 2.24) is 10.3 Å². The molecule has 5 heteroatoms. The van der Waals surface area contributed by atoms with E-state index >= 15 is 0 Å². The summed E-state index contributed by atoms with van der Waals surface area (Å²) in [6.45, 7) is 6.04. The van der Waals surface area contributed by atoms with E-state index in [-0.39, 0.29) is 17.4 Å². The molecule has 178 valence electrons. The molecule has 1 heterocycles. The van der Waals surface area contributed by atoms with Crippen LogP contribution in [0.1, 0.15) is 33.2 Å². The molecule has 0 spiro atoms. The number of carbonyl (C=O) groups excluding carboxylic acids is 2. The monoisotopic (exact) mass is 474 g/mol. The Bertz CT molecular complexity index is 1500. The Morgan fingerprint density at radius 1 is 0.944 bits per heavy atom. The van der Waals surface area contributed by atoms with Gasteiger partial charge in [0.1, 0.15) is 11.3 Å². The van der Waals surface area contributed by atoms with E-state index in [1.807, 2.05) is 61.5 Å². The molecule has 0 saturated carbocycles. The Morgan fingerprint density at radius 2 is 1.75 bits per heavy atom. The number of aromatic hydroxyl groups is 1. The van der Waals surface area contributed by atoms with Crippen LogP contribution in [0.5, 0.6) is 5.75 Å². The molecule has 0 saturated heterocycles. The van der Waals surface area contributed by atoms with Crippen LogP contribution in [-0.4, -0.2) is 21.8 Å². The highest BCUT2D eigenvalue weighted by molar-refractivity contribution is 6.10. The van der Waals surface area contributed by atoms with Crippen molar-refractivity contribution in [1.29, 1.82) is 0 Å². The summed E-state index contributed by atoms with van der Waals surface area (Å²) < 4.78 is 0. The molecule has 0 aliphatic rings. The Hall–Kier alpha value is -4.77. The Labute approximate surface area is 210 Å². The first kappa shape index (κ1) is 24.4. The molecule has 4 aromatic rings. The molecule has 0 radical (unpaired) electrons. The number of carbonyl (C=O) groups is 2. The van der Waals surface area contributed by atoms with Crippen LogP contribution in [0.2, 0.25) is 0 Å². The predicted octanol–water partition coefficient (Wildman–Crippen LogP) is 6.41. The summed E-state index contributed by atoms with van der Waals surface area (Å²) >= 11 is 0. The Balaban J connectivity index is 1.43. The van der Waals surface area contributed by atoms with Gasteiger partial charge in [0.05, 0.1) is 0 Å². The smallest absolute Gasteiger partial charge is 0.251 e. The lowest BCUT2D eigenvalue weighted by Crippen LogP contribution is -2.22. The van der Waals surface area contributed by atoms with Crippen molar-refractivity contribution in [2.45, 2.75) is 13.5 Å². The summed E-state index contributed by atoms with van der Waals surface area (Å²) in [5, 5.41) is 14.1. The van der Waals surface area contributed by atoms with Crippen molar-refractivity contribution >= 4 is 22.6 Å². The van der Waals surface area contributed by atoms with Gasteiger partial charge in [0, 0.05) is 34.8 Å². The van der Waals surface area contributed by atoms with Crippen molar-refractivity contribution in [3.05, 3.63) is 132 Å². The highest BCUT2D eigenvalue weighted by atomic mass is 16.3. The number of nitrogens with zero attached hydrogens (tertiary/aromatic N) is 1. The topological polar surface area (TPSA) is 79.3 Å². The van der Waals surface area contributed by atoms with Crippen LogP contribution < -0.4 is 5.32 Å². The van der Waals surface area contributed by atoms with Crippen molar-refractivity contribution < 1.29 is 14.7 Å². The Kier molecular flexibility index (Phi) is 7.51.